The molecule has 144 valence electrons. The maximum atomic E-state index is 12.4. The van der Waals surface area contributed by atoms with Crippen LogP contribution in [0.5, 0.6) is 11.5 Å². The lowest BCUT2D eigenvalue weighted by molar-refractivity contribution is 0.0947. The molecule has 3 rings (SSSR count). The summed E-state index contributed by atoms with van der Waals surface area (Å²) in [4.78, 5) is 18.7. The van der Waals surface area contributed by atoms with Gasteiger partial charge in [0.05, 0.1) is 13.7 Å². The first-order chi connectivity index (χ1) is 13.7. The van der Waals surface area contributed by atoms with Crippen molar-refractivity contribution in [1.29, 1.82) is 0 Å². The summed E-state index contributed by atoms with van der Waals surface area (Å²) in [5, 5.41) is 2.86. The quantitative estimate of drug-likeness (QED) is 0.607. The van der Waals surface area contributed by atoms with Crippen molar-refractivity contribution in [3.8, 4) is 11.5 Å². The number of pyridine rings is 1. The van der Waals surface area contributed by atoms with Crippen molar-refractivity contribution in [3.05, 3.63) is 78.5 Å². The molecule has 0 unspecified atom stereocenters. The van der Waals surface area contributed by atoms with Gasteiger partial charge in [0.15, 0.2) is 0 Å². The van der Waals surface area contributed by atoms with Crippen LogP contribution in [0, 0.1) is 0 Å². The van der Waals surface area contributed by atoms with E-state index < -0.39 is 0 Å². The van der Waals surface area contributed by atoms with E-state index in [9.17, 15) is 4.79 Å². The Morgan fingerprint density at radius 3 is 2.46 bits per heavy atom. The van der Waals surface area contributed by atoms with E-state index in [0.717, 1.165) is 17.2 Å². The van der Waals surface area contributed by atoms with Crippen LogP contribution in [0.1, 0.15) is 10.4 Å². The highest BCUT2D eigenvalue weighted by Crippen LogP contribution is 2.21. The van der Waals surface area contributed by atoms with Gasteiger partial charge in [0.25, 0.3) is 5.91 Å². The van der Waals surface area contributed by atoms with E-state index in [2.05, 4.69) is 10.3 Å². The number of nitrogens with zero attached hydrogens (tertiary/aromatic N) is 2. The Kier molecular flexibility index (Phi) is 6.46. The van der Waals surface area contributed by atoms with Crippen LogP contribution < -0.4 is 19.7 Å². The number of anilines is 2. The lowest BCUT2D eigenvalue weighted by atomic mass is 10.2. The van der Waals surface area contributed by atoms with Crippen LogP contribution in [-0.4, -0.2) is 38.2 Å². The first kappa shape index (κ1) is 19.2. The van der Waals surface area contributed by atoms with Gasteiger partial charge in [-0.05, 0) is 48.5 Å². The van der Waals surface area contributed by atoms with Crippen LogP contribution >= 0.6 is 0 Å². The van der Waals surface area contributed by atoms with Crippen molar-refractivity contribution in [2.24, 2.45) is 0 Å². The van der Waals surface area contributed by atoms with E-state index in [-0.39, 0.29) is 5.91 Å². The number of carbonyl (C=O) groups is 1. The van der Waals surface area contributed by atoms with Crippen molar-refractivity contribution < 1.29 is 14.3 Å². The average Bonchev–Trinajstić information content (AvgIpc) is 2.77. The van der Waals surface area contributed by atoms with Crippen molar-refractivity contribution in [2.45, 2.75) is 0 Å². The molecule has 1 amide bonds. The van der Waals surface area contributed by atoms with Crippen molar-refractivity contribution >= 4 is 17.4 Å². The van der Waals surface area contributed by atoms with Gasteiger partial charge in [-0.1, -0.05) is 18.2 Å². The number of benzene rings is 2. The smallest absolute Gasteiger partial charge is 0.251 e. The van der Waals surface area contributed by atoms with E-state index in [1.165, 1.54) is 0 Å². The Balaban J connectivity index is 1.53. The molecule has 6 nitrogen and oxygen atoms in total. The minimum Gasteiger partial charge on any atom is -0.497 e. The third kappa shape index (κ3) is 5.01. The summed E-state index contributed by atoms with van der Waals surface area (Å²) < 4.78 is 10.7. The first-order valence-corrected chi connectivity index (χ1v) is 8.97. The van der Waals surface area contributed by atoms with E-state index in [0.29, 0.717) is 24.5 Å². The molecule has 0 atom stereocenters. The topological polar surface area (TPSA) is 63.7 Å². The van der Waals surface area contributed by atoms with Gasteiger partial charge < -0.3 is 19.7 Å². The Morgan fingerprint density at radius 1 is 1.04 bits per heavy atom. The monoisotopic (exact) mass is 377 g/mol. The van der Waals surface area contributed by atoms with Crippen LogP contribution in [0.25, 0.3) is 0 Å². The van der Waals surface area contributed by atoms with Crippen molar-refractivity contribution in [1.82, 2.24) is 10.3 Å². The lowest BCUT2D eigenvalue weighted by Gasteiger charge is -2.18. The zero-order valence-corrected chi connectivity index (χ0v) is 16.0. The number of hydrogen-bond donors (Lipinski definition) is 1. The molecular weight excluding hydrogens is 354 g/mol. The third-order valence-corrected chi connectivity index (χ3v) is 4.21. The number of para-hydroxylation sites is 1. The summed E-state index contributed by atoms with van der Waals surface area (Å²) in [5.74, 6) is 2.04. The van der Waals surface area contributed by atoms with E-state index in [4.69, 9.17) is 9.47 Å². The molecule has 1 N–H and O–H groups in total. The standard InChI is InChI=1S/C22H23N3O3/c1-25(18-6-4-3-5-7-18)21-16-17(12-13-23-21)22(26)24-14-15-28-20-10-8-19(27-2)9-11-20/h3-13,16H,14-15H2,1-2H3,(H,24,26). The molecule has 3 aromatic rings. The van der Waals surface area contributed by atoms with Gasteiger partial charge in [-0.2, -0.15) is 0 Å². The third-order valence-electron chi connectivity index (χ3n) is 4.21. The van der Waals surface area contributed by atoms with Gasteiger partial charge in [0.2, 0.25) is 0 Å². The molecule has 28 heavy (non-hydrogen) atoms. The van der Waals surface area contributed by atoms with Gasteiger partial charge in [0, 0.05) is 24.5 Å². The normalized spacial score (nSPS) is 10.2. The number of amides is 1. The molecule has 0 bridgehead atoms. The fraction of sp³-hybridized carbons (Fsp3) is 0.182. The largest absolute Gasteiger partial charge is 0.497 e. The van der Waals surface area contributed by atoms with Gasteiger partial charge >= 0.3 is 0 Å². The molecule has 0 saturated carbocycles. The van der Waals surface area contributed by atoms with Gasteiger partial charge in [-0.3, -0.25) is 4.79 Å². The summed E-state index contributed by atoms with van der Waals surface area (Å²) in [5.41, 5.74) is 1.55. The van der Waals surface area contributed by atoms with Crippen LogP contribution in [0.4, 0.5) is 11.5 Å². The summed E-state index contributed by atoms with van der Waals surface area (Å²) >= 11 is 0. The van der Waals surface area contributed by atoms with Gasteiger partial charge in [-0.15, -0.1) is 0 Å². The minimum absolute atomic E-state index is 0.163. The van der Waals surface area contributed by atoms with Crippen LogP contribution in [0.15, 0.2) is 72.9 Å². The molecule has 0 aliphatic carbocycles. The molecule has 0 spiro atoms. The predicted octanol–water partition coefficient (Wildman–Crippen LogP) is 3.67. The van der Waals surface area contributed by atoms with E-state index in [1.54, 1.807) is 25.4 Å². The summed E-state index contributed by atoms with van der Waals surface area (Å²) in [6.45, 7) is 0.775. The zero-order valence-electron chi connectivity index (χ0n) is 16.0. The highest BCUT2D eigenvalue weighted by Gasteiger charge is 2.10. The predicted molar refractivity (Wildman–Crippen MR) is 110 cm³/mol. The second kappa shape index (κ2) is 9.41. The molecule has 6 heteroatoms. The van der Waals surface area contributed by atoms with E-state index >= 15 is 0 Å². The van der Waals surface area contributed by atoms with Crippen LogP contribution in [0.3, 0.4) is 0 Å². The first-order valence-electron chi connectivity index (χ1n) is 8.97. The number of nitrogens with one attached hydrogen (secondary N) is 1. The SMILES string of the molecule is COc1ccc(OCCNC(=O)c2ccnc(N(C)c3ccccc3)c2)cc1. The summed E-state index contributed by atoms with van der Waals surface area (Å²) in [7, 11) is 3.54. The van der Waals surface area contributed by atoms with Gasteiger partial charge in [0.1, 0.15) is 23.9 Å². The number of aromatic nitrogens is 1. The zero-order chi connectivity index (χ0) is 19.8. The minimum atomic E-state index is -0.163. The summed E-state index contributed by atoms with van der Waals surface area (Å²) in [6, 6.07) is 20.7. The number of methoxy groups -OCH3 is 1. The summed E-state index contributed by atoms with van der Waals surface area (Å²) in [6.07, 6.45) is 1.64. The molecule has 0 aliphatic rings. The van der Waals surface area contributed by atoms with Crippen molar-refractivity contribution in [2.75, 3.05) is 32.2 Å². The number of hydrogen-bond acceptors (Lipinski definition) is 5. The highest BCUT2D eigenvalue weighted by atomic mass is 16.5. The molecule has 1 aromatic heterocycles. The second-order valence-electron chi connectivity index (χ2n) is 6.08. The lowest BCUT2D eigenvalue weighted by Crippen LogP contribution is -2.28. The van der Waals surface area contributed by atoms with Crippen LogP contribution in [-0.2, 0) is 0 Å². The van der Waals surface area contributed by atoms with E-state index in [1.807, 2.05) is 66.5 Å². The highest BCUT2D eigenvalue weighted by molar-refractivity contribution is 5.95. The van der Waals surface area contributed by atoms with Crippen LogP contribution in [0.2, 0.25) is 0 Å². The molecule has 0 fully saturated rings. The molecule has 0 saturated heterocycles. The molecule has 2 aromatic carbocycles. The number of carbonyl (C=O) groups excluding carboxylic acids is 1. The maximum absolute atomic E-state index is 12.4. The van der Waals surface area contributed by atoms with Crippen molar-refractivity contribution in [3.63, 3.8) is 0 Å². The number of rotatable bonds is 8. The average molecular weight is 377 g/mol. The molecule has 1 heterocycles. The molecule has 0 aliphatic heterocycles. The Morgan fingerprint density at radius 2 is 1.75 bits per heavy atom. The molecular formula is C22H23N3O3. The Bertz CT molecular complexity index is 898. The fourth-order valence-electron chi connectivity index (χ4n) is 2.63. The van der Waals surface area contributed by atoms with Gasteiger partial charge in [-0.25, -0.2) is 4.98 Å². The Labute approximate surface area is 164 Å². The molecule has 0 radical (unpaired) electrons. The maximum Gasteiger partial charge on any atom is 0.251 e. The Hall–Kier alpha value is -3.54. The fourth-order valence-corrected chi connectivity index (χ4v) is 2.63. The second-order valence-corrected chi connectivity index (χ2v) is 6.08. The number of ether oxygens (including phenoxy) is 2.